The monoisotopic (exact) mass is 436 g/mol. The number of benzene rings is 2. The zero-order valence-corrected chi connectivity index (χ0v) is 18.4. The lowest BCUT2D eigenvalue weighted by Gasteiger charge is -2.38. The number of H-pyrrole nitrogens is 1. The summed E-state index contributed by atoms with van der Waals surface area (Å²) < 4.78 is 7.08. The Hall–Kier alpha value is -2.54. The minimum atomic E-state index is -0.533. The van der Waals surface area contributed by atoms with Crippen molar-refractivity contribution in [3.05, 3.63) is 59.6 Å². The predicted molar refractivity (Wildman–Crippen MR) is 126 cm³/mol. The minimum absolute atomic E-state index is 0.284. The van der Waals surface area contributed by atoms with Gasteiger partial charge in [0, 0.05) is 44.6 Å². The molecule has 3 heterocycles. The molecule has 1 aliphatic rings. The van der Waals surface area contributed by atoms with Crippen LogP contribution in [-0.4, -0.2) is 51.9 Å². The van der Waals surface area contributed by atoms with E-state index >= 15 is 0 Å². The van der Waals surface area contributed by atoms with Gasteiger partial charge in [-0.05, 0) is 68.6 Å². The molecule has 31 heavy (non-hydrogen) atoms. The Morgan fingerprint density at radius 1 is 1.19 bits per heavy atom. The van der Waals surface area contributed by atoms with Crippen molar-refractivity contribution in [2.75, 3.05) is 19.7 Å². The average molecular weight is 437 g/mol. The molecule has 5 rings (SSSR count). The van der Waals surface area contributed by atoms with Crippen LogP contribution in [0.2, 0.25) is 0 Å². The third-order valence-electron chi connectivity index (χ3n) is 6.41. The molecular weight excluding hydrogens is 408 g/mol. The average Bonchev–Trinajstić information content (AvgIpc) is 3.41. The van der Waals surface area contributed by atoms with Gasteiger partial charge in [-0.3, -0.25) is 4.90 Å². The normalized spacial score (nSPS) is 21.0. The number of fused-ring (bicyclic) bond motifs is 2. The lowest BCUT2D eigenvalue weighted by Crippen LogP contribution is -2.45. The Balaban J connectivity index is 1.18. The summed E-state index contributed by atoms with van der Waals surface area (Å²) in [7, 11) is 0. The van der Waals surface area contributed by atoms with Gasteiger partial charge < -0.3 is 19.9 Å². The third kappa shape index (κ3) is 4.15. The number of piperidine rings is 1. The van der Waals surface area contributed by atoms with Crippen molar-refractivity contribution < 1.29 is 14.9 Å². The van der Waals surface area contributed by atoms with Crippen LogP contribution in [0.5, 0.6) is 11.5 Å². The Morgan fingerprint density at radius 3 is 2.90 bits per heavy atom. The van der Waals surface area contributed by atoms with Crippen LogP contribution in [0.3, 0.4) is 0 Å². The molecule has 0 unspecified atom stereocenters. The summed E-state index contributed by atoms with van der Waals surface area (Å²) in [6, 6.07) is 16.2. The first-order chi connectivity index (χ1) is 15.1. The standard InChI is InChI=1S/C25H28N2O3S/c1-16-12-17(25-13-20-22(29)5-3-7-24(20)31-25)9-11-27(16)14-18(28)15-30-23-6-2-4-21-19(23)8-10-26-21/h2-8,10,13,16-18,26,28-29H,9,11-12,14-15H2,1H3/t16-,17-,18+/m1/s1. The molecule has 1 fully saturated rings. The Kier molecular flexibility index (Phi) is 5.61. The van der Waals surface area contributed by atoms with Gasteiger partial charge >= 0.3 is 0 Å². The number of β-amino-alcohol motifs (C(OH)–C–C–N with tert-alkyl or cyclic N) is 1. The van der Waals surface area contributed by atoms with E-state index in [-0.39, 0.29) is 6.61 Å². The number of aliphatic hydroxyl groups is 1. The molecule has 0 saturated carbocycles. The van der Waals surface area contributed by atoms with Crippen LogP contribution < -0.4 is 4.74 Å². The molecule has 2 aromatic carbocycles. The SMILES string of the molecule is C[C@@H]1C[C@H](c2cc3c(O)cccc3s2)CCN1C[C@H](O)COc1cccc2[nH]ccc12. The number of hydrogen-bond donors (Lipinski definition) is 3. The van der Waals surface area contributed by atoms with Gasteiger partial charge in [-0.1, -0.05) is 12.1 Å². The van der Waals surface area contributed by atoms with Gasteiger partial charge in [-0.25, -0.2) is 0 Å². The van der Waals surface area contributed by atoms with Crippen LogP contribution in [0.4, 0.5) is 0 Å². The van der Waals surface area contributed by atoms with Crippen molar-refractivity contribution in [3.8, 4) is 11.5 Å². The molecule has 1 aliphatic heterocycles. The number of phenols is 1. The van der Waals surface area contributed by atoms with E-state index < -0.39 is 6.10 Å². The van der Waals surface area contributed by atoms with E-state index in [4.69, 9.17) is 4.74 Å². The summed E-state index contributed by atoms with van der Waals surface area (Å²) in [4.78, 5) is 6.90. The fraction of sp³-hybridized carbons (Fsp3) is 0.360. The number of aromatic hydroxyl groups is 1. The molecule has 0 radical (unpaired) electrons. The lowest BCUT2D eigenvalue weighted by molar-refractivity contribution is 0.0408. The highest BCUT2D eigenvalue weighted by Gasteiger charge is 2.29. The number of aromatic nitrogens is 1. The number of rotatable bonds is 6. The highest BCUT2D eigenvalue weighted by atomic mass is 32.1. The molecule has 4 aromatic rings. The molecule has 3 N–H and O–H groups in total. The van der Waals surface area contributed by atoms with Crippen LogP contribution in [0.15, 0.2) is 54.7 Å². The maximum atomic E-state index is 10.6. The van der Waals surface area contributed by atoms with Gasteiger partial charge in [0.25, 0.3) is 0 Å². The van der Waals surface area contributed by atoms with Crippen molar-refractivity contribution in [1.82, 2.24) is 9.88 Å². The second-order valence-electron chi connectivity index (χ2n) is 8.56. The van der Waals surface area contributed by atoms with Gasteiger partial charge in [0.2, 0.25) is 0 Å². The summed E-state index contributed by atoms with van der Waals surface area (Å²) >= 11 is 1.79. The number of phenolic OH excluding ortho intramolecular Hbond substituents is 1. The Morgan fingerprint density at radius 2 is 2.06 bits per heavy atom. The van der Waals surface area contributed by atoms with E-state index in [0.717, 1.165) is 46.1 Å². The molecule has 0 aliphatic carbocycles. The molecule has 3 atom stereocenters. The molecular formula is C25H28N2O3S. The van der Waals surface area contributed by atoms with E-state index in [1.807, 2.05) is 36.5 Å². The Labute approximate surface area is 185 Å². The van der Waals surface area contributed by atoms with Gasteiger partial charge in [-0.2, -0.15) is 0 Å². The number of aliphatic hydroxyl groups excluding tert-OH is 1. The fourth-order valence-electron chi connectivity index (χ4n) is 4.71. The van der Waals surface area contributed by atoms with Crippen molar-refractivity contribution in [2.24, 2.45) is 0 Å². The smallest absolute Gasteiger partial charge is 0.128 e. The number of aromatic amines is 1. The van der Waals surface area contributed by atoms with Crippen LogP contribution in [0.25, 0.3) is 21.0 Å². The summed E-state index contributed by atoms with van der Waals surface area (Å²) in [5.74, 6) is 1.67. The molecule has 0 spiro atoms. The molecule has 5 nitrogen and oxygen atoms in total. The topological polar surface area (TPSA) is 68.7 Å². The first-order valence-electron chi connectivity index (χ1n) is 10.9. The summed E-state index contributed by atoms with van der Waals surface area (Å²) in [5, 5.41) is 22.7. The molecule has 6 heteroatoms. The van der Waals surface area contributed by atoms with Crippen molar-refractivity contribution >= 4 is 32.3 Å². The largest absolute Gasteiger partial charge is 0.507 e. The molecule has 0 bridgehead atoms. The van der Waals surface area contributed by atoms with Crippen LogP contribution >= 0.6 is 11.3 Å². The molecule has 0 amide bonds. The van der Waals surface area contributed by atoms with Gasteiger partial charge in [0.1, 0.15) is 24.2 Å². The number of nitrogens with zero attached hydrogens (tertiary/aromatic N) is 1. The lowest BCUT2D eigenvalue weighted by atomic mass is 9.90. The maximum absolute atomic E-state index is 10.6. The highest BCUT2D eigenvalue weighted by Crippen LogP contribution is 2.40. The van der Waals surface area contributed by atoms with Gasteiger partial charge in [0.15, 0.2) is 0 Å². The maximum Gasteiger partial charge on any atom is 0.128 e. The molecule has 162 valence electrons. The zero-order chi connectivity index (χ0) is 21.4. The quantitative estimate of drug-likeness (QED) is 0.394. The Bertz CT molecular complexity index is 1180. The summed E-state index contributed by atoms with van der Waals surface area (Å²) in [6.45, 7) is 4.10. The van der Waals surface area contributed by atoms with E-state index in [1.165, 1.54) is 4.88 Å². The molecule has 1 saturated heterocycles. The van der Waals surface area contributed by atoms with E-state index in [0.29, 0.717) is 24.3 Å². The number of likely N-dealkylation sites (tertiary alicyclic amines) is 1. The van der Waals surface area contributed by atoms with Gasteiger partial charge in [-0.15, -0.1) is 11.3 Å². The van der Waals surface area contributed by atoms with Crippen LogP contribution in [0.1, 0.15) is 30.6 Å². The minimum Gasteiger partial charge on any atom is -0.507 e. The van der Waals surface area contributed by atoms with E-state index in [1.54, 1.807) is 17.4 Å². The van der Waals surface area contributed by atoms with E-state index in [9.17, 15) is 10.2 Å². The fourth-order valence-corrected chi connectivity index (χ4v) is 5.94. The van der Waals surface area contributed by atoms with Crippen LogP contribution in [0, 0.1) is 0 Å². The second kappa shape index (κ2) is 8.54. The number of ether oxygens (including phenoxy) is 1. The number of nitrogens with one attached hydrogen (secondary N) is 1. The van der Waals surface area contributed by atoms with Crippen molar-refractivity contribution in [1.29, 1.82) is 0 Å². The van der Waals surface area contributed by atoms with E-state index in [2.05, 4.69) is 28.9 Å². The summed E-state index contributed by atoms with van der Waals surface area (Å²) in [6.07, 6.45) is 3.49. The molecule has 2 aromatic heterocycles. The van der Waals surface area contributed by atoms with Crippen molar-refractivity contribution in [3.63, 3.8) is 0 Å². The van der Waals surface area contributed by atoms with Crippen LogP contribution in [-0.2, 0) is 0 Å². The number of thiophene rings is 1. The second-order valence-corrected chi connectivity index (χ2v) is 9.68. The zero-order valence-electron chi connectivity index (χ0n) is 17.6. The first-order valence-corrected chi connectivity index (χ1v) is 11.7. The first kappa shape index (κ1) is 20.4. The number of hydrogen-bond acceptors (Lipinski definition) is 5. The third-order valence-corrected chi connectivity index (χ3v) is 7.67. The van der Waals surface area contributed by atoms with Crippen molar-refractivity contribution in [2.45, 2.75) is 37.8 Å². The van der Waals surface area contributed by atoms with Gasteiger partial charge in [0.05, 0.1) is 0 Å². The highest BCUT2D eigenvalue weighted by molar-refractivity contribution is 7.19. The summed E-state index contributed by atoms with van der Waals surface area (Å²) in [5.41, 5.74) is 1.04. The predicted octanol–water partition coefficient (Wildman–Crippen LogP) is 5.10.